The van der Waals surface area contributed by atoms with Gasteiger partial charge in [0.25, 0.3) is 17.7 Å². The summed E-state index contributed by atoms with van der Waals surface area (Å²) in [4.78, 5) is 36.2. The van der Waals surface area contributed by atoms with E-state index in [0.29, 0.717) is 22.6 Å². The van der Waals surface area contributed by atoms with Gasteiger partial charge in [-0.25, -0.2) is 0 Å². The summed E-state index contributed by atoms with van der Waals surface area (Å²) in [6.45, 7) is 1.74. The Hall–Kier alpha value is -4.13. The third-order valence-electron chi connectivity index (χ3n) is 4.44. The molecule has 0 spiro atoms. The van der Waals surface area contributed by atoms with Gasteiger partial charge in [0.1, 0.15) is 11.5 Å². The summed E-state index contributed by atoms with van der Waals surface area (Å²) in [6.07, 6.45) is 0.876. The third-order valence-corrected chi connectivity index (χ3v) is 4.44. The number of carbonyl (C=O) groups excluding carboxylic acids is 3. The van der Waals surface area contributed by atoms with Gasteiger partial charge in [0, 0.05) is 11.1 Å². The van der Waals surface area contributed by atoms with Crippen molar-refractivity contribution in [3.63, 3.8) is 0 Å². The molecule has 0 unspecified atom stereocenters. The monoisotopic (exact) mass is 417 g/mol. The Balaban J connectivity index is 1.43. The van der Waals surface area contributed by atoms with Crippen molar-refractivity contribution in [2.45, 2.75) is 13.3 Å². The van der Waals surface area contributed by atoms with Crippen molar-refractivity contribution in [1.29, 1.82) is 0 Å². The molecule has 31 heavy (non-hydrogen) atoms. The zero-order valence-electron chi connectivity index (χ0n) is 17.1. The summed E-state index contributed by atoms with van der Waals surface area (Å²) in [5.41, 5.74) is 6.53. The van der Waals surface area contributed by atoms with Gasteiger partial charge in [-0.15, -0.1) is 0 Å². The number of aryl methyl sites for hydroxylation is 1. The van der Waals surface area contributed by atoms with Crippen LogP contribution in [0.3, 0.4) is 0 Å². The van der Waals surface area contributed by atoms with E-state index in [4.69, 9.17) is 4.74 Å². The van der Waals surface area contributed by atoms with E-state index in [1.165, 1.54) is 0 Å². The van der Waals surface area contributed by atoms with Gasteiger partial charge in [-0.05, 0) is 60.5 Å². The maximum atomic E-state index is 12.2. The molecule has 0 aliphatic heterocycles. The van der Waals surface area contributed by atoms with E-state index >= 15 is 0 Å². The van der Waals surface area contributed by atoms with Crippen molar-refractivity contribution >= 4 is 17.7 Å². The number of nitrogens with one attached hydrogen (secondary N) is 3. The quantitative estimate of drug-likeness (QED) is 0.514. The van der Waals surface area contributed by atoms with Gasteiger partial charge in [0.2, 0.25) is 0 Å². The van der Waals surface area contributed by atoms with Crippen LogP contribution in [-0.4, -0.2) is 24.3 Å². The summed E-state index contributed by atoms with van der Waals surface area (Å²) in [5.74, 6) is -0.106. The molecule has 3 N–H and O–H groups in total. The lowest BCUT2D eigenvalue weighted by atomic mass is 10.1. The van der Waals surface area contributed by atoms with E-state index in [2.05, 4.69) is 16.2 Å². The molecular weight excluding hydrogens is 394 g/mol. The van der Waals surface area contributed by atoms with Crippen LogP contribution in [0.15, 0.2) is 78.9 Å². The number of benzene rings is 3. The molecule has 3 aromatic rings. The Morgan fingerprint density at radius 3 is 1.94 bits per heavy atom. The molecule has 0 aliphatic carbocycles. The van der Waals surface area contributed by atoms with Crippen molar-refractivity contribution < 1.29 is 19.1 Å². The van der Waals surface area contributed by atoms with Crippen LogP contribution in [-0.2, 0) is 11.2 Å². The zero-order chi connectivity index (χ0) is 22.1. The van der Waals surface area contributed by atoms with E-state index in [-0.39, 0.29) is 6.54 Å². The van der Waals surface area contributed by atoms with Gasteiger partial charge < -0.3 is 10.1 Å². The minimum Gasteiger partial charge on any atom is -0.457 e. The molecule has 0 aromatic heterocycles. The fourth-order valence-corrected chi connectivity index (χ4v) is 2.70. The minimum atomic E-state index is -0.545. The highest BCUT2D eigenvalue weighted by atomic mass is 16.5. The topological polar surface area (TPSA) is 96.5 Å². The predicted molar refractivity (Wildman–Crippen MR) is 117 cm³/mol. The summed E-state index contributed by atoms with van der Waals surface area (Å²) in [5, 5.41) is 2.50. The highest BCUT2D eigenvalue weighted by molar-refractivity contribution is 5.98. The molecule has 3 rings (SSSR count). The first kappa shape index (κ1) is 21.6. The second kappa shape index (κ2) is 10.6. The van der Waals surface area contributed by atoms with Crippen molar-refractivity contribution in [1.82, 2.24) is 16.2 Å². The maximum absolute atomic E-state index is 12.2. The zero-order valence-corrected chi connectivity index (χ0v) is 17.1. The molecule has 3 amide bonds. The first-order valence-electron chi connectivity index (χ1n) is 9.84. The number of hydrazine groups is 1. The lowest BCUT2D eigenvalue weighted by Gasteiger charge is -2.09. The predicted octanol–water partition coefficient (Wildman–Crippen LogP) is 3.23. The molecule has 0 fully saturated rings. The number of amides is 3. The van der Waals surface area contributed by atoms with Crippen molar-refractivity contribution in [2.24, 2.45) is 0 Å². The Labute approximate surface area is 180 Å². The molecule has 0 saturated heterocycles. The van der Waals surface area contributed by atoms with Crippen LogP contribution in [0.25, 0.3) is 0 Å². The Morgan fingerprint density at radius 1 is 0.710 bits per heavy atom. The number of hydrogen-bond acceptors (Lipinski definition) is 4. The molecule has 0 atom stereocenters. The van der Waals surface area contributed by atoms with Gasteiger partial charge in [-0.2, -0.15) is 0 Å². The highest BCUT2D eigenvalue weighted by Gasteiger charge is 2.10. The second-order valence-electron chi connectivity index (χ2n) is 6.67. The normalized spacial score (nSPS) is 10.1. The minimum absolute atomic E-state index is 0.282. The van der Waals surface area contributed by atoms with Crippen LogP contribution in [0.4, 0.5) is 0 Å². The molecule has 7 nitrogen and oxygen atoms in total. The standard InChI is InChI=1S/C24H23N3O4/c1-2-17-8-10-19(11-9-17)24(30)27-26-22(28)16-25-23(29)18-12-14-21(15-13-18)31-20-6-4-3-5-7-20/h3-15H,2,16H2,1H3,(H,25,29)(H,26,28)(H,27,30). The number of rotatable bonds is 7. The number of carbonyl (C=O) groups is 3. The molecule has 7 heteroatoms. The molecular formula is C24H23N3O4. The number of ether oxygens (including phenoxy) is 1. The lowest BCUT2D eigenvalue weighted by molar-refractivity contribution is -0.120. The van der Waals surface area contributed by atoms with E-state index in [0.717, 1.165) is 12.0 Å². The van der Waals surface area contributed by atoms with Crippen LogP contribution in [0.2, 0.25) is 0 Å². The third kappa shape index (κ3) is 6.43. The van der Waals surface area contributed by atoms with Crippen molar-refractivity contribution in [2.75, 3.05) is 6.54 Å². The first-order chi connectivity index (χ1) is 15.0. The van der Waals surface area contributed by atoms with Gasteiger partial charge in [0.05, 0.1) is 6.54 Å². The van der Waals surface area contributed by atoms with E-state index in [1.807, 2.05) is 49.4 Å². The molecule has 0 heterocycles. The van der Waals surface area contributed by atoms with Gasteiger partial charge in [0.15, 0.2) is 0 Å². The number of hydrogen-bond donors (Lipinski definition) is 3. The Bertz CT molecular complexity index is 1030. The van der Waals surface area contributed by atoms with E-state index < -0.39 is 17.7 Å². The SMILES string of the molecule is CCc1ccc(C(=O)NNC(=O)CNC(=O)c2ccc(Oc3ccccc3)cc2)cc1. The van der Waals surface area contributed by atoms with Gasteiger partial charge in [-0.1, -0.05) is 37.3 Å². The van der Waals surface area contributed by atoms with Gasteiger partial charge >= 0.3 is 0 Å². The largest absolute Gasteiger partial charge is 0.457 e. The fraction of sp³-hybridized carbons (Fsp3) is 0.125. The summed E-state index contributed by atoms with van der Waals surface area (Å²) in [7, 11) is 0. The molecule has 0 radical (unpaired) electrons. The fourth-order valence-electron chi connectivity index (χ4n) is 2.70. The smallest absolute Gasteiger partial charge is 0.269 e. The van der Waals surface area contributed by atoms with Gasteiger partial charge in [-0.3, -0.25) is 25.2 Å². The van der Waals surface area contributed by atoms with E-state index in [1.54, 1.807) is 36.4 Å². The molecule has 158 valence electrons. The van der Waals surface area contributed by atoms with Crippen LogP contribution >= 0.6 is 0 Å². The average molecular weight is 417 g/mol. The molecule has 0 bridgehead atoms. The number of para-hydroxylation sites is 1. The van der Waals surface area contributed by atoms with Crippen LogP contribution in [0.5, 0.6) is 11.5 Å². The first-order valence-corrected chi connectivity index (χ1v) is 9.84. The van der Waals surface area contributed by atoms with Crippen molar-refractivity contribution in [3.05, 3.63) is 95.6 Å². The summed E-state index contributed by atoms with van der Waals surface area (Å²) < 4.78 is 5.68. The maximum Gasteiger partial charge on any atom is 0.269 e. The Morgan fingerprint density at radius 2 is 1.29 bits per heavy atom. The summed E-state index contributed by atoms with van der Waals surface area (Å²) in [6, 6.07) is 22.9. The second-order valence-corrected chi connectivity index (χ2v) is 6.67. The molecule has 0 aliphatic rings. The van der Waals surface area contributed by atoms with Crippen molar-refractivity contribution in [3.8, 4) is 11.5 Å². The van der Waals surface area contributed by atoms with Crippen LogP contribution < -0.4 is 20.9 Å². The van der Waals surface area contributed by atoms with Crippen LogP contribution in [0.1, 0.15) is 33.2 Å². The Kier molecular flexibility index (Phi) is 7.37. The molecule has 0 saturated carbocycles. The van der Waals surface area contributed by atoms with Crippen LogP contribution in [0, 0.1) is 0 Å². The van der Waals surface area contributed by atoms with E-state index in [9.17, 15) is 14.4 Å². The lowest BCUT2D eigenvalue weighted by Crippen LogP contribution is -2.46. The molecule has 3 aromatic carbocycles. The summed E-state index contributed by atoms with van der Waals surface area (Å²) >= 11 is 0. The highest BCUT2D eigenvalue weighted by Crippen LogP contribution is 2.21. The average Bonchev–Trinajstić information content (AvgIpc) is 2.82.